The van der Waals surface area contributed by atoms with Gasteiger partial charge >= 0.3 is 0 Å². The number of thiazole rings is 1. The number of rotatable bonds is 7. The summed E-state index contributed by atoms with van der Waals surface area (Å²) in [7, 11) is 3.67. The van der Waals surface area contributed by atoms with Crippen LogP contribution in [0.4, 0.5) is 0 Å². The third-order valence-corrected chi connectivity index (χ3v) is 3.78. The Bertz CT molecular complexity index is 495. The topological polar surface area (TPSA) is 52.0 Å². The molecule has 0 radical (unpaired) electrons. The summed E-state index contributed by atoms with van der Waals surface area (Å²) in [5.74, 6) is 0. The Morgan fingerprint density at radius 2 is 2.37 bits per heavy atom. The van der Waals surface area contributed by atoms with Crippen LogP contribution >= 0.6 is 11.3 Å². The van der Waals surface area contributed by atoms with Crippen LogP contribution in [0.2, 0.25) is 0 Å². The molecular formula is C13H20N4OS. The normalized spacial score (nSPS) is 12.8. The van der Waals surface area contributed by atoms with Crippen LogP contribution in [0.25, 0.3) is 0 Å². The van der Waals surface area contributed by atoms with Crippen molar-refractivity contribution in [3.63, 3.8) is 0 Å². The first-order chi connectivity index (χ1) is 9.26. The van der Waals surface area contributed by atoms with Gasteiger partial charge in [-0.05, 0) is 6.42 Å². The number of nitrogens with one attached hydrogen (secondary N) is 1. The van der Waals surface area contributed by atoms with Crippen molar-refractivity contribution >= 4 is 11.3 Å². The molecule has 0 aromatic carbocycles. The van der Waals surface area contributed by atoms with Crippen molar-refractivity contribution in [2.24, 2.45) is 7.05 Å². The smallest absolute Gasteiger partial charge is 0.114 e. The predicted molar refractivity (Wildman–Crippen MR) is 76.4 cm³/mol. The van der Waals surface area contributed by atoms with Gasteiger partial charge in [0.15, 0.2) is 0 Å². The molecule has 2 rings (SSSR count). The number of methoxy groups -OCH3 is 1. The van der Waals surface area contributed by atoms with E-state index in [4.69, 9.17) is 4.74 Å². The molecule has 2 aromatic heterocycles. The molecule has 104 valence electrons. The van der Waals surface area contributed by atoms with Gasteiger partial charge in [0.1, 0.15) is 5.01 Å². The summed E-state index contributed by atoms with van der Waals surface area (Å²) in [6.45, 7) is 3.60. The third kappa shape index (κ3) is 3.40. The molecular weight excluding hydrogens is 260 g/mol. The maximum absolute atomic E-state index is 5.11. The lowest BCUT2D eigenvalue weighted by atomic mass is 10.1. The molecule has 1 unspecified atom stereocenters. The molecule has 0 aliphatic rings. The third-order valence-electron chi connectivity index (χ3n) is 2.94. The van der Waals surface area contributed by atoms with Gasteiger partial charge in [-0.3, -0.25) is 4.68 Å². The van der Waals surface area contributed by atoms with Crippen LogP contribution in [0.3, 0.4) is 0 Å². The van der Waals surface area contributed by atoms with Crippen LogP contribution in [0.15, 0.2) is 17.8 Å². The molecule has 0 saturated heterocycles. The van der Waals surface area contributed by atoms with Crippen LogP contribution in [-0.2, 0) is 18.2 Å². The highest BCUT2D eigenvalue weighted by Gasteiger charge is 2.21. The van der Waals surface area contributed by atoms with E-state index in [1.807, 2.05) is 23.3 Å². The standard InChI is InChI=1S/C13H20N4OS/c1-4-11-10(9-17(2)16-11)12(14-5-7-18-3)13-15-6-8-19-13/h6,8-9,12,14H,4-5,7H2,1-3H3. The minimum Gasteiger partial charge on any atom is -0.383 e. The highest BCUT2D eigenvalue weighted by Crippen LogP contribution is 2.26. The van der Waals surface area contributed by atoms with Crippen molar-refractivity contribution in [3.8, 4) is 0 Å². The van der Waals surface area contributed by atoms with Crippen molar-refractivity contribution in [1.82, 2.24) is 20.1 Å². The lowest BCUT2D eigenvalue weighted by molar-refractivity contribution is 0.197. The molecule has 2 aromatic rings. The Hall–Kier alpha value is -1.24. The summed E-state index contributed by atoms with van der Waals surface area (Å²) in [6.07, 6.45) is 4.84. The largest absolute Gasteiger partial charge is 0.383 e. The number of ether oxygens (including phenoxy) is 1. The van der Waals surface area contributed by atoms with Crippen LogP contribution in [0.5, 0.6) is 0 Å². The molecule has 0 bridgehead atoms. The van der Waals surface area contributed by atoms with Crippen molar-refractivity contribution < 1.29 is 4.74 Å². The van der Waals surface area contributed by atoms with Gasteiger partial charge in [-0.15, -0.1) is 11.3 Å². The Labute approximate surface area is 117 Å². The van der Waals surface area contributed by atoms with E-state index < -0.39 is 0 Å². The summed E-state index contributed by atoms with van der Waals surface area (Å²) in [6, 6.07) is 0.0961. The Morgan fingerprint density at radius 3 is 3.00 bits per heavy atom. The van der Waals surface area contributed by atoms with Gasteiger partial charge in [0.05, 0.1) is 18.3 Å². The van der Waals surface area contributed by atoms with E-state index in [1.54, 1.807) is 18.4 Å². The zero-order chi connectivity index (χ0) is 13.7. The lowest BCUT2D eigenvalue weighted by Crippen LogP contribution is -2.26. The van der Waals surface area contributed by atoms with E-state index in [0.29, 0.717) is 6.61 Å². The van der Waals surface area contributed by atoms with Crippen molar-refractivity contribution in [2.75, 3.05) is 20.3 Å². The quantitative estimate of drug-likeness (QED) is 0.785. The molecule has 0 saturated carbocycles. The average Bonchev–Trinajstić information content (AvgIpc) is 3.04. The van der Waals surface area contributed by atoms with Crippen LogP contribution < -0.4 is 5.32 Å². The molecule has 0 spiro atoms. The summed E-state index contributed by atoms with van der Waals surface area (Å²) in [5, 5.41) is 11.1. The van der Waals surface area contributed by atoms with Gasteiger partial charge in [-0.1, -0.05) is 6.92 Å². The van der Waals surface area contributed by atoms with Gasteiger partial charge in [0.25, 0.3) is 0 Å². The van der Waals surface area contributed by atoms with Gasteiger partial charge in [0, 0.05) is 44.0 Å². The summed E-state index contributed by atoms with van der Waals surface area (Å²) in [4.78, 5) is 4.43. The first-order valence-corrected chi connectivity index (χ1v) is 7.28. The van der Waals surface area contributed by atoms with Crippen molar-refractivity contribution in [2.45, 2.75) is 19.4 Å². The number of aromatic nitrogens is 3. The second-order valence-electron chi connectivity index (χ2n) is 4.31. The van der Waals surface area contributed by atoms with E-state index >= 15 is 0 Å². The summed E-state index contributed by atoms with van der Waals surface area (Å²) >= 11 is 1.66. The number of hydrogen-bond acceptors (Lipinski definition) is 5. The van der Waals surface area contributed by atoms with E-state index in [1.165, 1.54) is 5.56 Å². The Morgan fingerprint density at radius 1 is 1.53 bits per heavy atom. The van der Waals surface area contributed by atoms with Gasteiger partial charge in [-0.2, -0.15) is 5.10 Å². The second kappa shape index (κ2) is 6.79. The van der Waals surface area contributed by atoms with Gasteiger partial charge in [0.2, 0.25) is 0 Å². The molecule has 5 nitrogen and oxygen atoms in total. The second-order valence-corrected chi connectivity index (χ2v) is 5.23. The molecule has 0 aliphatic heterocycles. The maximum Gasteiger partial charge on any atom is 0.114 e. The minimum atomic E-state index is 0.0961. The van der Waals surface area contributed by atoms with Gasteiger partial charge < -0.3 is 10.1 Å². The van der Waals surface area contributed by atoms with Crippen molar-refractivity contribution in [1.29, 1.82) is 0 Å². The van der Waals surface area contributed by atoms with E-state index in [-0.39, 0.29) is 6.04 Å². The van der Waals surface area contributed by atoms with E-state index in [9.17, 15) is 0 Å². The lowest BCUT2D eigenvalue weighted by Gasteiger charge is -2.16. The fraction of sp³-hybridized carbons (Fsp3) is 0.538. The first-order valence-electron chi connectivity index (χ1n) is 6.40. The monoisotopic (exact) mass is 280 g/mol. The predicted octanol–water partition coefficient (Wildman–Crippen LogP) is 1.76. The Kier molecular flexibility index (Phi) is 5.07. The molecule has 0 amide bonds. The molecule has 6 heteroatoms. The fourth-order valence-electron chi connectivity index (χ4n) is 2.08. The van der Waals surface area contributed by atoms with Crippen LogP contribution in [0, 0.1) is 0 Å². The number of aryl methyl sites for hydroxylation is 2. The molecule has 0 fully saturated rings. The minimum absolute atomic E-state index is 0.0961. The van der Waals surface area contributed by atoms with E-state index in [0.717, 1.165) is 23.7 Å². The highest BCUT2D eigenvalue weighted by molar-refractivity contribution is 7.09. The zero-order valence-corrected chi connectivity index (χ0v) is 12.4. The fourth-order valence-corrected chi connectivity index (χ4v) is 2.81. The number of nitrogens with zero attached hydrogens (tertiary/aromatic N) is 3. The molecule has 1 N–H and O–H groups in total. The van der Waals surface area contributed by atoms with E-state index in [2.05, 4.69) is 28.5 Å². The summed E-state index contributed by atoms with van der Waals surface area (Å²) < 4.78 is 6.97. The maximum atomic E-state index is 5.11. The van der Waals surface area contributed by atoms with Crippen molar-refractivity contribution in [3.05, 3.63) is 34.0 Å². The molecule has 19 heavy (non-hydrogen) atoms. The summed E-state index contributed by atoms with van der Waals surface area (Å²) in [5.41, 5.74) is 2.32. The number of hydrogen-bond donors (Lipinski definition) is 1. The molecule has 0 aliphatic carbocycles. The molecule has 2 heterocycles. The highest BCUT2D eigenvalue weighted by atomic mass is 32.1. The average molecular weight is 280 g/mol. The first kappa shape index (κ1) is 14.2. The van der Waals surface area contributed by atoms with Crippen LogP contribution in [-0.4, -0.2) is 35.0 Å². The molecule has 1 atom stereocenters. The van der Waals surface area contributed by atoms with Gasteiger partial charge in [-0.25, -0.2) is 4.98 Å². The van der Waals surface area contributed by atoms with Crippen LogP contribution in [0.1, 0.15) is 29.2 Å². The SMILES string of the molecule is CCc1nn(C)cc1C(NCCOC)c1nccs1. The zero-order valence-electron chi connectivity index (χ0n) is 11.6. The Balaban J connectivity index is 2.25.